The van der Waals surface area contributed by atoms with Gasteiger partial charge >= 0.3 is 6.09 Å². The van der Waals surface area contributed by atoms with E-state index < -0.39 is 5.60 Å². The molecule has 3 rings (SSSR count). The van der Waals surface area contributed by atoms with E-state index in [9.17, 15) is 9.59 Å². The molecule has 1 N–H and O–H groups in total. The van der Waals surface area contributed by atoms with Crippen molar-refractivity contribution < 1.29 is 18.8 Å². The van der Waals surface area contributed by atoms with Crippen molar-refractivity contribution in [3.63, 3.8) is 0 Å². The van der Waals surface area contributed by atoms with Gasteiger partial charge in [0.2, 0.25) is 17.6 Å². The van der Waals surface area contributed by atoms with Crippen LogP contribution in [-0.4, -0.2) is 51.8 Å². The van der Waals surface area contributed by atoms with E-state index in [0.717, 1.165) is 5.56 Å². The van der Waals surface area contributed by atoms with Crippen molar-refractivity contribution in [1.82, 2.24) is 20.4 Å². The van der Waals surface area contributed by atoms with Crippen molar-refractivity contribution in [1.29, 1.82) is 0 Å². The van der Waals surface area contributed by atoms with Gasteiger partial charge in [-0.15, -0.1) is 0 Å². The summed E-state index contributed by atoms with van der Waals surface area (Å²) in [6, 6.07) is 8.16. The third kappa shape index (κ3) is 6.80. The second-order valence-electron chi connectivity index (χ2n) is 9.60. The minimum atomic E-state index is -0.506. The van der Waals surface area contributed by atoms with Gasteiger partial charge < -0.3 is 19.5 Å². The zero-order valence-electron chi connectivity index (χ0n) is 19.7. The minimum Gasteiger partial charge on any atom is -0.444 e. The molecule has 1 aliphatic heterocycles. The molecular weight excluding hydrogens is 408 g/mol. The number of aromatic nitrogens is 2. The lowest BCUT2D eigenvalue weighted by Crippen LogP contribution is -2.47. The zero-order chi connectivity index (χ0) is 23.3. The standard InChI is InChI=1S/C24H34N4O4/c1-16(2)17-6-8-18(9-7-17)22-26-21(32-27-22)11-10-20(29)25-19-12-14-28(15-13-19)23(30)31-24(3,4)5/h6-9,16,19H,10-15H2,1-5H3,(H,25,29). The molecule has 0 aliphatic carbocycles. The molecule has 1 saturated heterocycles. The fourth-order valence-corrected chi connectivity index (χ4v) is 3.54. The summed E-state index contributed by atoms with van der Waals surface area (Å²) >= 11 is 0. The van der Waals surface area contributed by atoms with E-state index in [1.807, 2.05) is 32.9 Å². The van der Waals surface area contributed by atoms with Gasteiger partial charge in [-0.2, -0.15) is 4.98 Å². The number of nitrogens with one attached hydrogen (secondary N) is 1. The van der Waals surface area contributed by atoms with Crippen LogP contribution in [0.3, 0.4) is 0 Å². The van der Waals surface area contributed by atoms with Gasteiger partial charge in [0, 0.05) is 37.5 Å². The van der Waals surface area contributed by atoms with E-state index in [1.165, 1.54) is 5.56 Å². The van der Waals surface area contributed by atoms with Crippen LogP contribution in [0, 0.1) is 0 Å². The lowest BCUT2D eigenvalue weighted by atomic mass is 10.0. The first kappa shape index (κ1) is 23.8. The van der Waals surface area contributed by atoms with Crippen LogP contribution in [0.25, 0.3) is 11.4 Å². The van der Waals surface area contributed by atoms with Crippen LogP contribution >= 0.6 is 0 Å². The quantitative estimate of drug-likeness (QED) is 0.716. The normalized spacial score (nSPS) is 15.1. The lowest BCUT2D eigenvalue weighted by molar-refractivity contribution is -0.122. The van der Waals surface area contributed by atoms with Gasteiger partial charge in [-0.3, -0.25) is 4.79 Å². The number of carbonyl (C=O) groups is 2. The Bertz CT molecular complexity index is 907. The molecule has 0 radical (unpaired) electrons. The molecule has 1 aliphatic rings. The number of aryl methyl sites for hydroxylation is 1. The number of hydrogen-bond acceptors (Lipinski definition) is 6. The van der Waals surface area contributed by atoms with E-state index in [0.29, 0.717) is 50.0 Å². The number of nitrogens with zero attached hydrogens (tertiary/aromatic N) is 3. The molecular formula is C24H34N4O4. The van der Waals surface area contributed by atoms with Gasteiger partial charge in [0.15, 0.2) is 0 Å². The molecule has 174 valence electrons. The molecule has 8 nitrogen and oxygen atoms in total. The van der Waals surface area contributed by atoms with Crippen LogP contribution in [0.5, 0.6) is 0 Å². The summed E-state index contributed by atoms with van der Waals surface area (Å²) in [6.45, 7) is 11.0. The van der Waals surface area contributed by atoms with Crippen LogP contribution in [-0.2, 0) is 16.0 Å². The number of likely N-dealkylation sites (tertiary alicyclic amines) is 1. The average Bonchev–Trinajstić information content (AvgIpc) is 3.21. The van der Waals surface area contributed by atoms with Crippen LogP contribution in [0.1, 0.15) is 71.3 Å². The average molecular weight is 443 g/mol. The second kappa shape index (κ2) is 10.1. The fraction of sp³-hybridized carbons (Fsp3) is 0.583. The highest BCUT2D eigenvalue weighted by Crippen LogP contribution is 2.21. The first-order valence-electron chi connectivity index (χ1n) is 11.3. The minimum absolute atomic E-state index is 0.0539. The van der Waals surface area contributed by atoms with Gasteiger partial charge in [0.25, 0.3) is 0 Å². The van der Waals surface area contributed by atoms with E-state index in [4.69, 9.17) is 9.26 Å². The topological polar surface area (TPSA) is 97.6 Å². The third-order valence-corrected chi connectivity index (χ3v) is 5.38. The summed E-state index contributed by atoms with van der Waals surface area (Å²) in [5.41, 5.74) is 1.64. The number of rotatable bonds is 6. The van der Waals surface area contributed by atoms with Gasteiger partial charge in [0.1, 0.15) is 5.60 Å². The van der Waals surface area contributed by atoms with Gasteiger partial charge in [-0.25, -0.2) is 4.79 Å². The molecule has 0 atom stereocenters. The highest BCUT2D eigenvalue weighted by atomic mass is 16.6. The number of amides is 2. The first-order chi connectivity index (χ1) is 15.1. The van der Waals surface area contributed by atoms with E-state index >= 15 is 0 Å². The maximum absolute atomic E-state index is 12.4. The molecule has 1 fully saturated rings. The van der Waals surface area contributed by atoms with Crippen LogP contribution in [0.4, 0.5) is 4.79 Å². The molecule has 0 bridgehead atoms. The summed E-state index contributed by atoms with van der Waals surface area (Å²) in [4.78, 5) is 30.6. The summed E-state index contributed by atoms with van der Waals surface area (Å²) in [5, 5.41) is 7.08. The number of piperidine rings is 1. The van der Waals surface area contributed by atoms with E-state index in [1.54, 1.807) is 4.90 Å². The number of carbonyl (C=O) groups excluding carboxylic acids is 2. The fourth-order valence-electron chi connectivity index (χ4n) is 3.54. The summed E-state index contributed by atoms with van der Waals surface area (Å²) < 4.78 is 10.7. The molecule has 2 heterocycles. The SMILES string of the molecule is CC(C)c1ccc(-c2noc(CCC(=O)NC3CCN(C(=O)OC(C)(C)C)CC3)n2)cc1. The zero-order valence-corrected chi connectivity index (χ0v) is 19.7. The van der Waals surface area contributed by atoms with Crippen molar-refractivity contribution in [3.8, 4) is 11.4 Å². The highest BCUT2D eigenvalue weighted by Gasteiger charge is 2.27. The molecule has 0 spiro atoms. The summed E-state index contributed by atoms with van der Waals surface area (Å²) in [6.07, 6.45) is 1.79. The molecule has 1 aromatic heterocycles. The van der Waals surface area contributed by atoms with Gasteiger partial charge in [0.05, 0.1) is 0 Å². The van der Waals surface area contributed by atoms with Crippen molar-refractivity contribution in [3.05, 3.63) is 35.7 Å². The number of hydrogen-bond donors (Lipinski definition) is 1. The Kier molecular flexibility index (Phi) is 7.53. The van der Waals surface area contributed by atoms with Crippen LogP contribution < -0.4 is 5.32 Å². The van der Waals surface area contributed by atoms with Crippen LogP contribution in [0.2, 0.25) is 0 Å². The summed E-state index contributed by atoms with van der Waals surface area (Å²) in [7, 11) is 0. The van der Waals surface area contributed by atoms with Crippen LogP contribution in [0.15, 0.2) is 28.8 Å². The molecule has 2 aromatic rings. The molecule has 8 heteroatoms. The Labute approximate surface area is 189 Å². The Morgan fingerprint density at radius 1 is 1.19 bits per heavy atom. The molecule has 1 aromatic carbocycles. The first-order valence-corrected chi connectivity index (χ1v) is 11.3. The van der Waals surface area contributed by atoms with Crippen molar-refractivity contribution >= 4 is 12.0 Å². The Morgan fingerprint density at radius 3 is 2.44 bits per heavy atom. The molecule has 32 heavy (non-hydrogen) atoms. The Hall–Kier alpha value is -2.90. The predicted molar refractivity (Wildman–Crippen MR) is 121 cm³/mol. The third-order valence-electron chi connectivity index (χ3n) is 5.38. The van der Waals surface area contributed by atoms with Gasteiger partial charge in [-0.05, 0) is 45.1 Å². The lowest BCUT2D eigenvalue weighted by Gasteiger charge is -2.33. The van der Waals surface area contributed by atoms with Crippen molar-refractivity contribution in [2.24, 2.45) is 0 Å². The smallest absolute Gasteiger partial charge is 0.410 e. The summed E-state index contributed by atoms with van der Waals surface area (Å²) in [5.74, 6) is 1.39. The molecule has 0 saturated carbocycles. The van der Waals surface area contributed by atoms with E-state index in [2.05, 4.69) is 41.4 Å². The number of benzene rings is 1. The monoisotopic (exact) mass is 442 g/mol. The maximum Gasteiger partial charge on any atom is 0.410 e. The van der Waals surface area contributed by atoms with Crippen molar-refractivity contribution in [2.45, 2.75) is 77.9 Å². The number of ether oxygens (including phenoxy) is 1. The largest absolute Gasteiger partial charge is 0.444 e. The second-order valence-corrected chi connectivity index (χ2v) is 9.60. The van der Waals surface area contributed by atoms with Gasteiger partial charge in [-0.1, -0.05) is 43.3 Å². The van der Waals surface area contributed by atoms with Crippen molar-refractivity contribution in [2.75, 3.05) is 13.1 Å². The maximum atomic E-state index is 12.4. The Balaban J connectivity index is 1.42. The van der Waals surface area contributed by atoms with E-state index in [-0.39, 0.29) is 24.5 Å². The Morgan fingerprint density at radius 2 is 1.84 bits per heavy atom. The molecule has 0 unspecified atom stereocenters. The highest BCUT2D eigenvalue weighted by molar-refractivity contribution is 5.76. The predicted octanol–water partition coefficient (Wildman–Crippen LogP) is 4.31. The molecule has 2 amide bonds.